The van der Waals surface area contributed by atoms with Crippen LogP contribution in [-0.2, 0) is 16.4 Å². The molecule has 1 aromatic heterocycles. The summed E-state index contributed by atoms with van der Waals surface area (Å²) in [7, 11) is -1.37. The minimum Gasteiger partial charge on any atom is -0.377 e. The van der Waals surface area contributed by atoms with Crippen LogP contribution in [0.1, 0.15) is 19.4 Å². The molecule has 4 rings (SSSR count). The van der Waals surface area contributed by atoms with Crippen molar-refractivity contribution in [2.45, 2.75) is 36.3 Å². The summed E-state index contributed by atoms with van der Waals surface area (Å²) in [6.45, 7) is 6.08. The first-order valence-corrected chi connectivity index (χ1v) is 12.2. The van der Waals surface area contributed by atoms with Crippen LogP contribution in [0.25, 0.3) is 10.9 Å². The van der Waals surface area contributed by atoms with Gasteiger partial charge >= 0.3 is 5.51 Å². The Morgan fingerprint density at radius 1 is 1.06 bits per heavy atom. The molecule has 3 aromatic rings. The van der Waals surface area contributed by atoms with E-state index in [1.807, 2.05) is 37.2 Å². The Morgan fingerprint density at radius 3 is 2.35 bits per heavy atom. The topological polar surface area (TPSA) is 56.8 Å². The fourth-order valence-electron chi connectivity index (χ4n) is 4.39. The van der Waals surface area contributed by atoms with Crippen LogP contribution in [0.15, 0.2) is 59.6 Å². The van der Waals surface area contributed by atoms with Crippen LogP contribution in [-0.4, -0.2) is 56.7 Å². The van der Waals surface area contributed by atoms with Gasteiger partial charge < -0.3 is 9.80 Å². The number of anilines is 2. The number of pyridine rings is 1. The molecule has 0 amide bonds. The van der Waals surface area contributed by atoms with Gasteiger partial charge in [0.1, 0.15) is 0 Å². The second kappa shape index (κ2) is 8.42. The average molecular weight is 493 g/mol. The molecule has 6 nitrogen and oxygen atoms in total. The number of hydrogen-bond acceptors (Lipinski definition) is 6. The van der Waals surface area contributed by atoms with Gasteiger partial charge in [0.2, 0.25) is 0 Å². The molecular formula is C24H27F3N4O2S. The van der Waals surface area contributed by atoms with Crippen molar-refractivity contribution in [3.05, 3.63) is 60.3 Å². The first-order chi connectivity index (χ1) is 15.8. The first-order valence-electron chi connectivity index (χ1n) is 10.8. The highest BCUT2D eigenvalue weighted by molar-refractivity contribution is 7.92. The van der Waals surface area contributed by atoms with Crippen LogP contribution in [0.4, 0.5) is 24.5 Å². The largest absolute Gasteiger partial charge is 0.501 e. The Hall–Kier alpha value is -2.85. The lowest BCUT2D eigenvalue weighted by atomic mass is 10.0. The van der Waals surface area contributed by atoms with E-state index >= 15 is 0 Å². The van der Waals surface area contributed by atoms with Crippen LogP contribution < -0.4 is 9.80 Å². The summed E-state index contributed by atoms with van der Waals surface area (Å²) in [5.74, 6) is 0. The van der Waals surface area contributed by atoms with E-state index in [4.69, 9.17) is 0 Å². The van der Waals surface area contributed by atoms with Crippen LogP contribution >= 0.6 is 0 Å². The standard InChI is InChI=1S/C24H27F3N4O2S/c1-23(2)15-30(18-8-10-19(11-9-18)34(32,33)24(25,26)27)16-31(23)14-17-12-13-28-20-6-5-7-21(22(17)20)29(3)4/h5-13H,14-16H2,1-4H3. The van der Waals surface area contributed by atoms with Gasteiger partial charge in [-0.2, -0.15) is 13.2 Å². The monoisotopic (exact) mass is 492 g/mol. The maximum Gasteiger partial charge on any atom is 0.501 e. The molecule has 1 aliphatic rings. The Bertz CT molecular complexity index is 1300. The van der Waals surface area contributed by atoms with Crippen molar-refractivity contribution in [3.63, 3.8) is 0 Å². The molecule has 1 aliphatic heterocycles. The number of rotatable bonds is 5. The molecule has 1 fully saturated rings. The highest BCUT2D eigenvalue weighted by Crippen LogP contribution is 2.35. The number of nitrogens with zero attached hydrogens (tertiary/aromatic N) is 4. The van der Waals surface area contributed by atoms with Crippen LogP contribution in [0.5, 0.6) is 0 Å². The van der Waals surface area contributed by atoms with Crippen LogP contribution in [0.2, 0.25) is 0 Å². The molecule has 0 unspecified atom stereocenters. The minimum absolute atomic E-state index is 0.223. The maximum absolute atomic E-state index is 12.9. The third kappa shape index (κ3) is 4.32. The van der Waals surface area contributed by atoms with Crippen molar-refractivity contribution < 1.29 is 21.6 Å². The van der Waals surface area contributed by atoms with Gasteiger partial charge in [0.05, 0.1) is 17.1 Å². The number of sulfone groups is 1. The van der Waals surface area contributed by atoms with E-state index in [1.54, 1.807) is 6.20 Å². The number of halogens is 3. The second-order valence-electron chi connectivity index (χ2n) is 9.33. The van der Waals surface area contributed by atoms with E-state index in [1.165, 1.54) is 12.1 Å². The SMILES string of the molecule is CN(C)c1cccc2nccc(CN3CN(c4ccc(S(=O)(=O)C(F)(F)F)cc4)CC3(C)C)c12. The predicted octanol–water partition coefficient (Wildman–Crippen LogP) is 4.65. The molecule has 0 saturated carbocycles. The lowest BCUT2D eigenvalue weighted by molar-refractivity contribution is -0.0436. The van der Waals surface area contributed by atoms with Crippen molar-refractivity contribution in [1.29, 1.82) is 0 Å². The molecule has 0 spiro atoms. The number of alkyl halides is 3. The van der Waals surface area contributed by atoms with Gasteiger partial charge in [-0.25, -0.2) is 8.42 Å². The molecule has 0 radical (unpaired) electrons. The highest BCUT2D eigenvalue weighted by atomic mass is 32.2. The van der Waals surface area contributed by atoms with E-state index in [0.29, 0.717) is 25.4 Å². The van der Waals surface area contributed by atoms with E-state index < -0.39 is 20.2 Å². The summed E-state index contributed by atoms with van der Waals surface area (Å²) in [4.78, 5) is 10.2. The van der Waals surface area contributed by atoms with Gasteiger partial charge in [0, 0.05) is 55.7 Å². The molecule has 0 aliphatic carbocycles. The van der Waals surface area contributed by atoms with E-state index in [9.17, 15) is 21.6 Å². The smallest absolute Gasteiger partial charge is 0.377 e. The molecular weight excluding hydrogens is 465 g/mol. The minimum atomic E-state index is -5.36. The number of benzene rings is 2. The van der Waals surface area contributed by atoms with Crippen LogP contribution in [0, 0.1) is 0 Å². The van der Waals surface area contributed by atoms with Crippen molar-refractivity contribution in [2.75, 3.05) is 37.1 Å². The summed E-state index contributed by atoms with van der Waals surface area (Å²) < 4.78 is 61.9. The average Bonchev–Trinajstić information content (AvgIpc) is 3.06. The zero-order valence-corrected chi connectivity index (χ0v) is 20.3. The molecule has 0 atom stereocenters. The summed E-state index contributed by atoms with van der Waals surface area (Å²) in [5, 5.41) is 1.09. The fraction of sp³-hybridized carbons (Fsp3) is 0.375. The maximum atomic E-state index is 12.9. The van der Waals surface area contributed by atoms with Crippen molar-refractivity contribution in [2.24, 2.45) is 0 Å². The molecule has 2 aromatic carbocycles. The molecule has 2 heterocycles. The van der Waals surface area contributed by atoms with Crippen molar-refractivity contribution in [1.82, 2.24) is 9.88 Å². The van der Waals surface area contributed by atoms with E-state index in [-0.39, 0.29) is 5.54 Å². The quantitative estimate of drug-likeness (QED) is 0.517. The molecule has 10 heteroatoms. The Morgan fingerprint density at radius 2 is 1.74 bits per heavy atom. The lowest BCUT2D eigenvalue weighted by Gasteiger charge is -2.30. The van der Waals surface area contributed by atoms with E-state index in [2.05, 4.69) is 34.7 Å². The third-order valence-electron chi connectivity index (χ3n) is 6.27. The Labute approximate surface area is 197 Å². The zero-order chi connectivity index (χ0) is 24.9. The number of fused-ring (bicyclic) bond motifs is 1. The predicted molar refractivity (Wildman–Crippen MR) is 128 cm³/mol. The van der Waals surface area contributed by atoms with Gasteiger partial charge in [0.15, 0.2) is 0 Å². The van der Waals surface area contributed by atoms with Gasteiger partial charge in [-0.05, 0) is 61.9 Å². The van der Waals surface area contributed by atoms with Gasteiger partial charge in [-0.1, -0.05) is 6.07 Å². The first kappa shape index (κ1) is 24.3. The van der Waals surface area contributed by atoms with Crippen LogP contribution in [0.3, 0.4) is 0 Å². The molecule has 34 heavy (non-hydrogen) atoms. The molecule has 0 N–H and O–H groups in total. The van der Waals surface area contributed by atoms with E-state index in [0.717, 1.165) is 34.3 Å². The summed E-state index contributed by atoms with van der Waals surface area (Å²) in [6.07, 6.45) is 1.80. The van der Waals surface area contributed by atoms with Gasteiger partial charge in [-0.3, -0.25) is 9.88 Å². The summed E-state index contributed by atoms with van der Waals surface area (Å²) >= 11 is 0. The molecule has 182 valence electrons. The normalized spacial score (nSPS) is 16.9. The number of hydrogen-bond donors (Lipinski definition) is 0. The molecule has 0 bridgehead atoms. The van der Waals surface area contributed by atoms with Crippen molar-refractivity contribution >= 4 is 32.1 Å². The highest BCUT2D eigenvalue weighted by Gasteiger charge is 2.47. The second-order valence-corrected chi connectivity index (χ2v) is 11.3. The third-order valence-corrected chi connectivity index (χ3v) is 7.77. The number of aromatic nitrogens is 1. The Balaban J connectivity index is 1.61. The van der Waals surface area contributed by atoms with Gasteiger partial charge in [-0.15, -0.1) is 0 Å². The molecule has 1 saturated heterocycles. The summed E-state index contributed by atoms with van der Waals surface area (Å²) in [5.41, 5.74) is -1.74. The summed E-state index contributed by atoms with van der Waals surface area (Å²) in [6, 6.07) is 13.0. The van der Waals surface area contributed by atoms with Crippen molar-refractivity contribution in [3.8, 4) is 0 Å². The Kier molecular flexibility index (Phi) is 6.02. The van der Waals surface area contributed by atoms with Gasteiger partial charge in [0.25, 0.3) is 9.84 Å². The lowest BCUT2D eigenvalue weighted by Crippen LogP contribution is -2.39. The zero-order valence-electron chi connectivity index (χ0n) is 19.5. The fourth-order valence-corrected chi connectivity index (χ4v) is 5.15.